The number of aromatic nitrogens is 3. The highest BCUT2D eigenvalue weighted by molar-refractivity contribution is 5.95. The number of carbonyl (C=O) groups excluding carboxylic acids is 1. The van der Waals surface area contributed by atoms with Crippen LogP contribution < -0.4 is 0 Å². The number of carbonyl (C=O) groups is 1. The SMILES string of the molecule is Cc1n[nH]c(C)c1C(C)N(C)C(=O)c1ccc2cccc(F)c2n1. The number of aryl methyl sites for hydroxylation is 2. The summed E-state index contributed by atoms with van der Waals surface area (Å²) in [6.07, 6.45) is 0. The first-order valence-electron chi connectivity index (χ1n) is 7.74. The van der Waals surface area contributed by atoms with Crippen LogP contribution in [-0.2, 0) is 0 Å². The zero-order chi connectivity index (χ0) is 17.4. The molecule has 0 spiro atoms. The summed E-state index contributed by atoms with van der Waals surface area (Å²) in [7, 11) is 1.71. The Kier molecular flexibility index (Phi) is 4.05. The lowest BCUT2D eigenvalue weighted by atomic mass is 10.0. The summed E-state index contributed by atoms with van der Waals surface area (Å²) in [5, 5.41) is 7.78. The molecule has 24 heavy (non-hydrogen) atoms. The first kappa shape index (κ1) is 16.1. The van der Waals surface area contributed by atoms with Gasteiger partial charge >= 0.3 is 0 Å². The second-order valence-electron chi connectivity index (χ2n) is 5.95. The van der Waals surface area contributed by atoms with Gasteiger partial charge in [-0.2, -0.15) is 5.10 Å². The number of rotatable bonds is 3. The average molecular weight is 326 g/mol. The minimum atomic E-state index is -0.431. The number of hydrogen-bond acceptors (Lipinski definition) is 3. The zero-order valence-corrected chi connectivity index (χ0v) is 14.1. The molecule has 3 rings (SSSR count). The maximum atomic E-state index is 13.9. The van der Waals surface area contributed by atoms with Crippen molar-refractivity contribution >= 4 is 16.8 Å². The summed E-state index contributed by atoms with van der Waals surface area (Å²) >= 11 is 0. The molecule has 0 aliphatic heterocycles. The van der Waals surface area contributed by atoms with E-state index in [1.54, 1.807) is 36.2 Å². The molecule has 2 aromatic heterocycles. The van der Waals surface area contributed by atoms with Crippen LogP contribution in [0.2, 0.25) is 0 Å². The van der Waals surface area contributed by atoms with Crippen LogP contribution in [0.15, 0.2) is 30.3 Å². The molecule has 0 radical (unpaired) electrons. The van der Waals surface area contributed by atoms with Gasteiger partial charge in [0.05, 0.1) is 11.7 Å². The molecule has 0 aliphatic carbocycles. The first-order valence-corrected chi connectivity index (χ1v) is 7.74. The van der Waals surface area contributed by atoms with Gasteiger partial charge in [0.1, 0.15) is 17.0 Å². The highest BCUT2D eigenvalue weighted by Crippen LogP contribution is 2.25. The molecule has 1 N–H and O–H groups in total. The number of pyridine rings is 1. The van der Waals surface area contributed by atoms with Crippen LogP contribution >= 0.6 is 0 Å². The third-order valence-corrected chi connectivity index (χ3v) is 4.39. The number of benzene rings is 1. The quantitative estimate of drug-likeness (QED) is 0.800. The van der Waals surface area contributed by atoms with Gasteiger partial charge in [-0.15, -0.1) is 0 Å². The van der Waals surface area contributed by atoms with Gasteiger partial charge in [0.15, 0.2) is 0 Å². The fourth-order valence-electron chi connectivity index (χ4n) is 2.96. The molecule has 2 heterocycles. The van der Waals surface area contributed by atoms with Gasteiger partial charge in [-0.05, 0) is 32.9 Å². The monoisotopic (exact) mass is 326 g/mol. The lowest BCUT2D eigenvalue weighted by Gasteiger charge is -2.25. The van der Waals surface area contributed by atoms with Crippen molar-refractivity contribution < 1.29 is 9.18 Å². The highest BCUT2D eigenvalue weighted by atomic mass is 19.1. The van der Waals surface area contributed by atoms with Crippen molar-refractivity contribution in [2.45, 2.75) is 26.8 Å². The molecule has 5 nitrogen and oxygen atoms in total. The Hall–Kier alpha value is -2.76. The Labute approximate surface area is 139 Å². The highest BCUT2D eigenvalue weighted by Gasteiger charge is 2.24. The number of fused-ring (bicyclic) bond motifs is 1. The fourth-order valence-corrected chi connectivity index (χ4v) is 2.96. The number of halogens is 1. The van der Waals surface area contributed by atoms with E-state index in [4.69, 9.17) is 0 Å². The Morgan fingerprint density at radius 1 is 1.25 bits per heavy atom. The smallest absolute Gasteiger partial charge is 0.272 e. The van der Waals surface area contributed by atoms with Gasteiger partial charge in [0.2, 0.25) is 0 Å². The van der Waals surface area contributed by atoms with E-state index in [2.05, 4.69) is 15.2 Å². The van der Waals surface area contributed by atoms with Crippen molar-refractivity contribution in [3.63, 3.8) is 0 Å². The third-order valence-electron chi connectivity index (χ3n) is 4.39. The van der Waals surface area contributed by atoms with Crippen LogP contribution in [0.4, 0.5) is 4.39 Å². The van der Waals surface area contributed by atoms with Gasteiger partial charge in [-0.3, -0.25) is 9.89 Å². The number of hydrogen-bond donors (Lipinski definition) is 1. The van der Waals surface area contributed by atoms with Crippen molar-refractivity contribution in [2.75, 3.05) is 7.05 Å². The Morgan fingerprint density at radius 3 is 2.67 bits per heavy atom. The number of amides is 1. The standard InChI is InChI=1S/C18H19FN4O/c1-10-16(11(2)22-21-10)12(3)23(4)18(24)15-9-8-13-6-5-7-14(19)17(13)20-15/h5-9,12H,1-4H3,(H,21,22). The van der Waals surface area contributed by atoms with E-state index < -0.39 is 5.82 Å². The second-order valence-corrected chi connectivity index (χ2v) is 5.95. The van der Waals surface area contributed by atoms with Gasteiger partial charge in [0, 0.05) is 23.7 Å². The predicted molar refractivity (Wildman–Crippen MR) is 90.3 cm³/mol. The van der Waals surface area contributed by atoms with Crippen LogP contribution in [-0.4, -0.2) is 33.0 Å². The summed E-state index contributed by atoms with van der Waals surface area (Å²) in [6.45, 7) is 5.76. The van der Waals surface area contributed by atoms with E-state index in [-0.39, 0.29) is 23.2 Å². The first-order chi connectivity index (χ1) is 11.4. The minimum absolute atomic E-state index is 0.172. The molecule has 0 saturated carbocycles. The zero-order valence-electron chi connectivity index (χ0n) is 14.1. The number of nitrogens with one attached hydrogen (secondary N) is 1. The molecule has 1 amide bonds. The lowest BCUT2D eigenvalue weighted by Crippen LogP contribution is -2.30. The van der Waals surface area contributed by atoms with Crippen molar-refractivity contribution in [3.05, 3.63) is 58.8 Å². The van der Waals surface area contributed by atoms with E-state index in [0.717, 1.165) is 17.0 Å². The molecule has 124 valence electrons. The molecule has 0 saturated heterocycles. The molecule has 0 bridgehead atoms. The van der Waals surface area contributed by atoms with Crippen molar-refractivity contribution in [3.8, 4) is 0 Å². The van der Waals surface area contributed by atoms with E-state index in [1.165, 1.54) is 6.07 Å². The van der Waals surface area contributed by atoms with Crippen molar-refractivity contribution in [1.29, 1.82) is 0 Å². The summed E-state index contributed by atoms with van der Waals surface area (Å²) < 4.78 is 13.9. The predicted octanol–water partition coefficient (Wildman–Crippen LogP) is 3.55. The van der Waals surface area contributed by atoms with Gasteiger partial charge in [0.25, 0.3) is 5.91 Å². The number of aromatic amines is 1. The Balaban J connectivity index is 1.95. The van der Waals surface area contributed by atoms with Gasteiger partial charge in [-0.25, -0.2) is 9.37 Å². The van der Waals surface area contributed by atoms with Gasteiger partial charge < -0.3 is 4.90 Å². The minimum Gasteiger partial charge on any atom is -0.333 e. The largest absolute Gasteiger partial charge is 0.333 e. The van der Waals surface area contributed by atoms with Crippen LogP contribution in [0.5, 0.6) is 0 Å². The van der Waals surface area contributed by atoms with E-state index in [0.29, 0.717) is 5.39 Å². The molecule has 0 fully saturated rings. The molecular weight excluding hydrogens is 307 g/mol. The van der Waals surface area contributed by atoms with Crippen molar-refractivity contribution in [2.24, 2.45) is 0 Å². The van der Waals surface area contributed by atoms with Crippen LogP contribution in [0, 0.1) is 19.7 Å². The topological polar surface area (TPSA) is 61.9 Å². The lowest BCUT2D eigenvalue weighted by molar-refractivity contribution is 0.0736. The molecule has 1 atom stereocenters. The van der Waals surface area contributed by atoms with E-state index >= 15 is 0 Å². The summed E-state index contributed by atoms with van der Waals surface area (Å²) in [4.78, 5) is 18.6. The second kappa shape index (κ2) is 6.03. The molecule has 3 aromatic rings. The van der Waals surface area contributed by atoms with E-state index in [1.807, 2.05) is 20.8 Å². The van der Waals surface area contributed by atoms with Crippen LogP contribution in [0.1, 0.15) is 40.4 Å². The summed E-state index contributed by atoms with van der Waals surface area (Å²) in [5.41, 5.74) is 3.20. The maximum absolute atomic E-state index is 13.9. The van der Waals surface area contributed by atoms with Crippen LogP contribution in [0.3, 0.4) is 0 Å². The molecule has 6 heteroatoms. The van der Waals surface area contributed by atoms with E-state index in [9.17, 15) is 9.18 Å². The molecular formula is C18H19FN4O. The summed E-state index contributed by atoms with van der Waals surface area (Å²) in [6, 6.07) is 7.90. The normalized spacial score (nSPS) is 12.4. The Morgan fingerprint density at radius 2 is 2.00 bits per heavy atom. The fraction of sp³-hybridized carbons (Fsp3) is 0.278. The average Bonchev–Trinajstić information content (AvgIpc) is 2.91. The molecule has 0 aliphatic rings. The van der Waals surface area contributed by atoms with Crippen LogP contribution in [0.25, 0.3) is 10.9 Å². The number of nitrogens with zero attached hydrogens (tertiary/aromatic N) is 3. The van der Waals surface area contributed by atoms with Crippen molar-refractivity contribution in [1.82, 2.24) is 20.1 Å². The number of H-pyrrole nitrogens is 1. The Bertz CT molecular complexity index is 899. The molecule has 1 unspecified atom stereocenters. The third kappa shape index (κ3) is 2.64. The summed E-state index contributed by atoms with van der Waals surface area (Å²) in [5.74, 6) is -0.688. The number of para-hydroxylation sites is 1. The maximum Gasteiger partial charge on any atom is 0.272 e. The molecule has 1 aromatic carbocycles. The van der Waals surface area contributed by atoms with Gasteiger partial charge in [-0.1, -0.05) is 18.2 Å².